The van der Waals surface area contributed by atoms with Crippen molar-refractivity contribution in [2.24, 2.45) is 0 Å². The molecule has 2 heteroatoms. The second-order valence-electron chi connectivity index (χ2n) is 2.01. The fourth-order valence-corrected chi connectivity index (χ4v) is 0.731. The molecule has 0 atom stereocenters. The average molecular weight is 147 g/mol. The van der Waals surface area contributed by atoms with Gasteiger partial charge in [0.15, 0.2) is 0 Å². The number of carbonyl (C=O) groups is 1. The molecule has 0 aliphatic heterocycles. The van der Waals surface area contributed by atoms with Gasteiger partial charge in [0.1, 0.15) is 0 Å². The van der Waals surface area contributed by atoms with Gasteiger partial charge in [-0.2, -0.15) is 0 Å². The maximum absolute atomic E-state index is 10.0. The number of hydrogen-bond acceptors (Lipinski definition) is 1. The first kappa shape index (κ1) is 7.54. The summed E-state index contributed by atoms with van der Waals surface area (Å²) in [6.07, 6.45) is 13.8. The Balaban J connectivity index is 2.69. The van der Waals surface area contributed by atoms with Crippen LogP contribution >= 0.6 is 0 Å². The van der Waals surface area contributed by atoms with E-state index in [0.29, 0.717) is 6.41 Å². The zero-order valence-electron chi connectivity index (χ0n) is 6.03. The summed E-state index contributed by atoms with van der Waals surface area (Å²) in [6, 6.07) is 0. The molecule has 0 saturated heterocycles. The quantitative estimate of drug-likeness (QED) is 0.586. The van der Waals surface area contributed by atoms with Gasteiger partial charge in [-0.1, -0.05) is 30.4 Å². The maximum atomic E-state index is 10.0. The molecule has 0 radical (unpaired) electrons. The van der Waals surface area contributed by atoms with Gasteiger partial charge in [0.25, 0.3) is 0 Å². The Morgan fingerprint density at radius 1 is 1.09 bits per heavy atom. The first-order valence-electron chi connectivity index (χ1n) is 3.35. The highest BCUT2D eigenvalue weighted by molar-refractivity contribution is 5.52. The van der Waals surface area contributed by atoms with Gasteiger partial charge in [0.05, 0.1) is 0 Å². The van der Waals surface area contributed by atoms with E-state index in [1.807, 2.05) is 42.5 Å². The van der Waals surface area contributed by atoms with Crippen LogP contribution in [0, 0.1) is 0 Å². The van der Waals surface area contributed by atoms with E-state index < -0.39 is 0 Å². The molecular weight excluding hydrogens is 138 g/mol. The van der Waals surface area contributed by atoms with Crippen LogP contribution < -0.4 is 5.32 Å². The van der Waals surface area contributed by atoms with Crippen LogP contribution in [0.15, 0.2) is 48.2 Å². The first-order chi connectivity index (χ1) is 5.43. The second kappa shape index (κ2) is 4.28. The Morgan fingerprint density at radius 2 is 1.82 bits per heavy atom. The number of nitrogens with one attached hydrogen (secondary N) is 1. The van der Waals surface area contributed by atoms with E-state index in [-0.39, 0.29) is 0 Å². The molecule has 0 spiro atoms. The number of amides is 1. The number of rotatable bonds is 2. The summed E-state index contributed by atoms with van der Waals surface area (Å²) in [5, 5.41) is 2.56. The Kier molecular flexibility index (Phi) is 2.93. The summed E-state index contributed by atoms with van der Waals surface area (Å²) < 4.78 is 0. The van der Waals surface area contributed by atoms with Crippen molar-refractivity contribution < 1.29 is 4.79 Å². The SMILES string of the molecule is O=CNC1=CC=CC=CC=C1. The number of allylic oxidation sites excluding steroid dienone is 7. The molecule has 0 aromatic rings. The molecule has 0 aromatic carbocycles. The smallest absolute Gasteiger partial charge is 0.211 e. The molecule has 0 aromatic heterocycles. The predicted molar refractivity (Wildman–Crippen MR) is 44.7 cm³/mol. The molecule has 2 nitrogen and oxygen atoms in total. The van der Waals surface area contributed by atoms with Gasteiger partial charge in [-0.25, -0.2) is 0 Å². The molecular formula is C9H9NO. The van der Waals surface area contributed by atoms with Crippen molar-refractivity contribution in [2.75, 3.05) is 0 Å². The van der Waals surface area contributed by atoms with Gasteiger partial charge in [-0.3, -0.25) is 4.79 Å². The second-order valence-corrected chi connectivity index (χ2v) is 2.01. The highest BCUT2D eigenvalue weighted by atomic mass is 16.1. The fourth-order valence-electron chi connectivity index (χ4n) is 0.731. The largest absolute Gasteiger partial charge is 0.329 e. The van der Waals surface area contributed by atoms with E-state index in [2.05, 4.69) is 5.32 Å². The molecule has 0 bridgehead atoms. The van der Waals surface area contributed by atoms with Gasteiger partial charge in [0, 0.05) is 5.70 Å². The van der Waals surface area contributed by atoms with Crippen molar-refractivity contribution in [3.63, 3.8) is 0 Å². The maximum Gasteiger partial charge on any atom is 0.211 e. The Labute approximate surface area is 65.6 Å². The highest BCUT2D eigenvalue weighted by Gasteiger charge is 1.85. The van der Waals surface area contributed by atoms with Crippen LogP contribution in [-0.2, 0) is 4.79 Å². The van der Waals surface area contributed by atoms with Gasteiger partial charge in [0.2, 0.25) is 6.41 Å². The highest BCUT2D eigenvalue weighted by Crippen LogP contribution is 1.95. The summed E-state index contributed by atoms with van der Waals surface area (Å²) >= 11 is 0. The third kappa shape index (κ3) is 2.67. The number of hydrogen-bond donors (Lipinski definition) is 1. The van der Waals surface area contributed by atoms with Crippen LogP contribution in [0.3, 0.4) is 0 Å². The average Bonchev–Trinajstić information content (AvgIpc) is 1.94. The molecule has 1 amide bonds. The number of carbonyl (C=O) groups excluding carboxylic acids is 1. The molecule has 0 saturated carbocycles. The van der Waals surface area contributed by atoms with Crippen molar-refractivity contribution >= 4 is 6.41 Å². The molecule has 0 unspecified atom stereocenters. The summed E-state index contributed by atoms with van der Waals surface area (Å²) in [4.78, 5) is 10.0. The Morgan fingerprint density at radius 3 is 2.64 bits per heavy atom. The van der Waals surface area contributed by atoms with Crippen LogP contribution in [0.5, 0.6) is 0 Å². The van der Waals surface area contributed by atoms with Crippen LogP contribution in [0.4, 0.5) is 0 Å². The minimum Gasteiger partial charge on any atom is -0.329 e. The third-order valence-electron chi connectivity index (χ3n) is 1.22. The molecule has 0 heterocycles. The lowest BCUT2D eigenvalue weighted by Gasteiger charge is -1.96. The van der Waals surface area contributed by atoms with Crippen molar-refractivity contribution in [3.8, 4) is 0 Å². The zero-order chi connectivity index (χ0) is 7.94. The summed E-state index contributed by atoms with van der Waals surface area (Å²) in [5.41, 5.74) is 0.792. The molecule has 56 valence electrons. The van der Waals surface area contributed by atoms with Gasteiger partial charge < -0.3 is 5.32 Å². The van der Waals surface area contributed by atoms with Crippen LogP contribution in [0.1, 0.15) is 0 Å². The third-order valence-corrected chi connectivity index (χ3v) is 1.22. The lowest BCUT2D eigenvalue weighted by atomic mass is 10.3. The van der Waals surface area contributed by atoms with E-state index >= 15 is 0 Å². The first-order valence-corrected chi connectivity index (χ1v) is 3.35. The summed E-state index contributed by atoms with van der Waals surface area (Å²) in [5.74, 6) is 0. The molecule has 1 rings (SSSR count). The van der Waals surface area contributed by atoms with Gasteiger partial charge in [-0.05, 0) is 12.2 Å². The monoisotopic (exact) mass is 147 g/mol. The van der Waals surface area contributed by atoms with E-state index in [9.17, 15) is 4.79 Å². The minimum atomic E-state index is 0.662. The standard InChI is InChI=1S/C9H9NO/c11-8-10-9-6-4-2-1-3-5-7-9/h1-8H,(H,10,11). The van der Waals surface area contributed by atoms with E-state index in [1.165, 1.54) is 0 Å². The molecule has 0 fully saturated rings. The van der Waals surface area contributed by atoms with Gasteiger partial charge in [-0.15, -0.1) is 0 Å². The van der Waals surface area contributed by atoms with E-state index in [0.717, 1.165) is 5.70 Å². The Hall–Kier alpha value is -1.57. The molecule has 1 aliphatic carbocycles. The fraction of sp³-hybridized carbons (Fsp3) is 0. The lowest BCUT2D eigenvalue weighted by molar-refractivity contribution is -0.108. The van der Waals surface area contributed by atoms with Crippen molar-refractivity contribution in [3.05, 3.63) is 48.2 Å². The van der Waals surface area contributed by atoms with E-state index in [1.54, 1.807) is 0 Å². The van der Waals surface area contributed by atoms with Gasteiger partial charge >= 0.3 is 0 Å². The topological polar surface area (TPSA) is 29.1 Å². The Bertz CT molecular complexity index is 246. The van der Waals surface area contributed by atoms with Crippen molar-refractivity contribution in [2.45, 2.75) is 0 Å². The lowest BCUT2D eigenvalue weighted by Crippen LogP contribution is -2.07. The normalized spacial score (nSPS) is 15.1. The predicted octanol–water partition coefficient (Wildman–Crippen LogP) is 1.30. The molecule has 1 N–H and O–H groups in total. The van der Waals surface area contributed by atoms with Crippen molar-refractivity contribution in [1.29, 1.82) is 0 Å². The van der Waals surface area contributed by atoms with Crippen LogP contribution in [0.25, 0.3) is 0 Å². The van der Waals surface area contributed by atoms with Crippen LogP contribution in [0.2, 0.25) is 0 Å². The van der Waals surface area contributed by atoms with Crippen LogP contribution in [-0.4, -0.2) is 6.41 Å². The summed E-state index contributed by atoms with van der Waals surface area (Å²) in [7, 11) is 0. The summed E-state index contributed by atoms with van der Waals surface area (Å²) in [6.45, 7) is 0. The van der Waals surface area contributed by atoms with Crippen molar-refractivity contribution in [1.82, 2.24) is 5.32 Å². The molecule has 1 aliphatic rings. The zero-order valence-corrected chi connectivity index (χ0v) is 6.03. The molecule has 11 heavy (non-hydrogen) atoms. The van der Waals surface area contributed by atoms with E-state index in [4.69, 9.17) is 0 Å². The minimum absolute atomic E-state index is 0.662.